The van der Waals surface area contributed by atoms with E-state index in [-0.39, 0.29) is 17.4 Å². The van der Waals surface area contributed by atoms with Crippen LogP contribution in [0.3, 0.4) is 0 Å². The standard InChI is InChI=1S/C32H44ClNO3/c1-4-5-6-7-8-9-10-11-12-17-30(35)37-29-23-25-24(22-28(29)36-3)18-21-34(2)31(25)32(19-20-32)26-15-13-14-16-27(26)33/h13-16,22-23,31H,4-12,17-21H2,1-3H3. The summed E-state index contributed by atoms with van der Waals surface area (Å²) in [5.74, 6) is 1.01. The lowest BCUT2D eigenvalue weighted by atomic mass is 9.78. The SMILES string of the molecule is CCCCCCCCCCCC(=O)Oc1cc2c(cc1OC)CCN(C)C2C1(c2ccccc2Cl)CC1. The van der Waals surface area contributed by atoms with Crippen LogP contribution in [0.2, 0.25) is 5.02 Å². The van der Waals surface area contributed by atoms with E-state index in [4.69, 9.17) is 21.1 Å². The number of esters is 1. The highest BCUT2D eigenvalue weighted by molar-refractivity contribution is 6.31. The van der Waals surface area contributed by atoms with Crippen LogP contribution in [0.15, 0.2) is 36.4 Å². The molecule has 4 nitrogen and oxygen atoms in total. The number of likely N-dealkylation sites (N-methyl/N-ethyl adjacent to an activating group) is 1. The van der Waals surface area contributed by atoms with E-state index in [1.54, 1.807) is 7.11 Å². The van der Waals surface area contributed by atoms with E-state index in [2.05, 4.69) is 43.1 Å². The third kappa shape index (κ3) is 6.70. The highest BCUT2D eigenvalue weighted by Gasteiger charge is 2.54. The molecule has 1 heterocycles. The van der Waals surface area contributed by atoms with Crippen LogP contribution in [0.1, 0.15) is 107 Å². The van der Waals surface area contributed by atoms with E-state index in [1.165, 1.54) is 61.6 Å². The molecule has 5 heteroatoms. The predicted octanol–water partition coefficient (Wildman–Crippen LogP) is 8.44. The maximum absolute atomic E-state index is 12.8. The van der Waals surface area contributed by atoms with Crippen LogP contribution in [-0.4, -0.2) is 31.6 Å². The monoisotopic (exact) mass is 525 g/mol. The first kappa shape index (κ1) is 28.0. The molecule has 0 saturated heterocycles. The van der Waals surface area contributed by atoms with Gasteiger partial charge in [0.25, 0.3) is 0 Å². The maximum atomic E-state index is 12.8. The molecule has 1 fully saturated rings. The Morgan fingerprint density at radius 2 is 1.68 bits per heavy atom. The van der Waals surface area contributed by atoms with Gasteiger partial charge in [-0.15, -0.1) is 0 Å². The molecule has 2 aromatic rings. The van der Waals surface area contributed by atoms with Gasteiger partial charge < -0.3 is 9.47 Å². The Balaban J connectivity index is 1.42. The van der Waals surface area contributed by atoms with E-state index in [1.807, 2.05) is 12.1 Å². The molecule has 0 amide bonds. The number of fused-ring (bicyclic) bond motifs is 1. The van der Waals surface area contributed by atoms with Crippen LogP contribution < -0.4 is 9.47 Å². The summed E-state index contributed by atoms with van der Waals surface area (Å²) < 4.78 is 11.6. The lowest BCUT2D eigenvalue weighted by Crippen LogP contribution is -2.39. The zero-order valence-electron chi connectivity index (χ0n) is 23.0. The Labute approximate surface area is 228 Å². The minimum atomic E-state index is -0.172. The third-order valence-corrected chi connectivity index (χ3v) is 8.65. The third-order valence-electron chi connectivity index (χ3n) is 8.33. The molecule has 1 atom stereocenters. The summed E-state index contributed by atoms with van der Waals surface area (Å²) in [5, 5.41) is 0.835. The van der Waals surface area contributed by atoms with Gasteiger partial charge >= 0.3 is 5.97 Å². The number of nitrogens with zero attached hydrogens (tertiary/aromatic N) is 1. The second kappa shape index (κ2) is 13.2. The van der Waals surface area contributed by atoms with E-state index in [9.17, 15) is 4.79 Å². The van der Waals surface area contributed by atoms with Gasteiger partial charge in [-0.1, -0.05) is 88.1 Å². The fourth-order valence-electron chi connectivity index (χ4n) is 6.15. The van der Waals surface area contributed by atoms with Gasteiger partial charge in [0.2, 0.25) is 0 Å². The Morgan fingerprint density at radius 3 is 2.32 bits per heavy atom. The molecule has 1 aliphatic heterocycles. The van der Waals surface area contributed by atoms with E-state index in [0.717, 1.165) is 43.7 Å². The smallest absolute Gasteiger partial charge is 0.311 e. The predicted molar refractivity (Wildman–Crippen MR) is 152 cm³/mol. The summed E-state index contributed by atoms with van der Waals surface area (Å²) in [7, 11) is 3.85. The topological polar surface area (TPSA) is 38.8 Å². The fourth-order valence-corrected chi connectivity index (χ4v) is 6.48. The van der Waals surface area contributed by atoms with Crippen LogP contribution in [-0.2, 0) is 16.6 Å². The van der Waals surface area contributed by atoms with Gasteiger partial charge in [-0.25, -0.2) is 0 Å². The molecule has 202 valence electrons. The number of methoxy groups -OCH3 is 1. The van der Waals surface area contributed by atoms with Crippen molar-refractivity contribution in [3.63, 3.8) is 0 Å². The van der Waals surface area contributed by atoms with Crippen LogP contribution in [0.5, 0.6) is 11.5 Å². The highest BCUT2D eigenvalue weighted by atomic mass is 35.5. The van der Waals surface area contributed by atoms with Crippen molar-refractivity contribution in [3.8, 4) is 11.5 Å². The number of hydrogen-bond acceptors (Lipinski definition) is 4. The summed E-state index contributed by atoms with van der Waals surface area (Å²) in [6.45, 7) is 3.23. The summed E-state index contributed by atoms with van der Waals surface area (Å²) >= 11 is 6.69. The fraction of sp³-hybridized carbons (Fsp3) is 0.594. The Kier molecular flexibility index (Phi) is 9.95. The Bertz CT molecular complexity index is 1050. The quantitative estimate of drug-likeness (QED) is 0.141. The second-order valence-electron chi connectivity index (χ2n) is 11.0. The highest BCUT2D eigenvalue weighted by Crippen LogP contribution is 2.61. The molecular formula is C32H44ClNO3. The van der Waals surface area contributed by atoms with Crippen molar-refractivity contribution < 1.29 is 14.3 Å². The zero-order chi connectivity index (χ0) is 26.3. The number of halogens is 1. The van der Waals surface area contributed by atoms with Gasteiger partial charge in [-0.2, -0.15) is 0 Å². The first-order valence-electron chi connectivity index (χ1n) is 14.4. The van der Waals surface area contributed by atoms with E-state index in [0.29, 0.717) is 17.9 Å². The lowest BCUT2D eigenvalue weighted by Gasteiger charge is -2.41. The van der Waals surface area contributed by atoms with Crippen molar-refractivity contribution in [2.45, 2.75) is 102 Å². The maximum Gasteiger partial charge on any atom is 0.311 e. The molecule has 1 saturated carbocycles. The molecule has 0 N–H and O–H groups in total. The van der Waals surface area contributed by atoms with Gasteiger partial charge in [0.05, 0.1) is 7.11 Å². The number of rotatable bonds is 14. The van der Waals surface area contributed by atoms with Gasteiger partial charge in [-0.05, 0) is 67.6 Å². The number of hydrogen-bond donors (Lipinski definition) is 0. The first-order valence-corrected chi connectivity index (χ1v) is 14.7. The molecule has 1 aliphatic carbocycles. The average Bonchev–Trinajstić information content (AvgIpc) is 3.69. The number of carbonyl (C=O) groups is 1. The van der Waals surface area contributed by atoms with Crippen LogP contribution in [0.4, 0.5) is 0 Å². The average molecular weight is 526 g/mol. The Morgan fingerprint density at radius 1 is 1.00 bits per heavy atom. The molecule has 0 bridgehead atoms. The molecule has 0 spiro atoms. The van der Waals surface area contributed by atoms with Gasteiger partial charge in [0.15, 0.2) is 11.5 Å². The number of unbranched alkanes of at least 4 members (excludes halogenated alkanes) is 8. The van der Waals surface area contributed by atoms with Crippen molar-refractivity contribution in [1.82, 2.24) is 4.90 Å². The minimum Gasteiger partial charge on any atom is -0.493 e. The molecule has 37 heavy (non-hydrogen) atoms. The summed E-state index contributed by atoms with van der Waals surface area (Å²) in [6.07, 6.45) is 14.6. The molecule has 1 unspecified atom stereocenters. The van der Waals surface area contributed by atoms with Crippen molar-refractivity contribution in [2.24, 2.45) is 0 Å². The van der Waals surface area contributed by atoms with Crippen molar-refractivity contribution in [1.29, 1.82) is 0 Å². The van der Waals surface area contributed by atoms with Crippen molar-refractivity contribution >= 4 is 17.6 Å². The number of carbonyl (C=O) groups excluding carboxylic acids is 1. The van der Waals surface area contributed by atoms with Crippen LogP contribution in [0, 0.1) is 0 Å². The Hall–Kier alpha value is -2.04. The largest absolute Gasteiger partial charge is 0.493 e. The van der Waals surface area contributed by atoms with E-state index >= 15 is 0 Å². The molecular weight excluding hydrogens is 482 g/mol. The van der Waals surface area contributed by atoms with Crippen LogP contribution in [0.25, 0.3) is 0 Å². The summed E-state index contributed by atoms with van der Waals surface area (Å²) in [6, 6.07) is 12.6. The lowest BCUT2D eigenvalue weighted by molar-refractivity contribution is -0.134. The molecule has 0 aromatic heterocycles. The normalized spacial score (nSPS) is 18.3. The minimum absolute atomic E-state index is 0.00529. The molecule has 0 radical (unpaired) electrons. The molecule has 2 aromatic carbocycles. The van der Waals surface area contributed by atoms with Crippen molar-refractivity contribution in [3.05, 3.63) is 58.1 Å². The number of ether oxygens (including phenoxy) is 2. The molecule has 2 aliphatic rings. The van der Waals surface area contributed by atoms with Crippen LogP contribution >= 0.6 is 11.6 Å². The van der Waals surface area contributed by atoms with Gasteiger partial charge in [-0.3, -0.25) is 9.69 Å². The second-order valence-corrected chi connectivity index (χ2v) is 11.4. The first-order chi connectivity index (χ1) is 18.0. The van der Waals surface area contributed by atoms with Gasteiger partial charge in [0.1, 0.15) is 0 Å². The number of benzene rings is 2. The summed E-state index contributed by atoms with van der Waals surface area (Å²) in [5.41, 5.74) is 3.73. The molecule has 4 rings (SSSR count). The van der Waals surface area contributed by atoms with Crippen molar-refractivity contribution in [2.75, 3.05) is 20.7 Å². The summed E-state index contributed by atoms with van der Waals surface area (Å²) in [4.78, 5) is 15.2. The van der Waals surface area contributed by atoms with Gasteiger partial charge in [0, 0.05) is 29.4 Å². The zero-order valence-corrected chi connectivity index (χ0v) is 23.7. The van der Waals surface area contributed by atoms with E-state index < -0.39 is 0 Å².